The van der Waals surface area contributed by atoms with Crippen LogP contribution in [0.15, 0.2) is 12.8 Å². The van der Waals surface area contributed by atoms with Crippen LogP contribution in [0.3, 0.4) is 0 Å². The molecule has 3 nitrogen and oxygen atoms in total. The number of hydrogen-bond acceptors (Lipinski definition) is 2. The fourth-order valence-corrected chi connectivity index (χ4v) is 3.02. The number of likely N-dealkylation sites (tertiary alicyclic amines) is 1. The number of rotatable bonds is 1. The Labute approximate surface area is 90.1 Å². The summed E-state index contributed by atoms with van der Waals surface area (Å²) in [6.07, 6.45) is 2.98. The molecule has 82 valence electrons. The predicted octanol–water partition coefficient (Wildman–Crippen LogP) is 1.94. The molecule has 2 bridgehead atoms. The van der Waals surface area contributed by atoms with Gasteiger partial charge in [-0.25, -0.2) is 0 Å². The fraction of sp³-hybridized carbons (Fsp3) is 0.667. The maximum atomic E-state index is 12.2. The third-order valence-corrected chi connectivity index (χ3v) is 4.64. The van der Waals surface area contributed by atoms with Gasteiger partial charge in [0.1, 0.15) is 0 Å². The molecular weight excluding hydrogens is 190 g/mol. The largest absolute Gasteiger partial charge is 0.274 e. The standard InChI is InChI=1S/C12H17NO2/c1-5-13-9(14)8-6-7-12(4,10(13)15)11(8,2)3/h5,8H,1,6-7H2,2-4H3. The highest BCUT2D eigenvalue weighted by Gasteiger charge is 2.63. The summed E-state index contributed by atoms with van der Waals surface area (Å²) in [5, 5.41) is 0. The molecule has 3 heteroatoms. The normalized spacial score (nSPS) is 38.3. The van der Waals surface area contributed by atoms with Crippen molar-refractivity contribution < 1.29 is 9.59 Å². The van der Waals surface area contributed by atoms with E-state index in [-0.39, 0.29) is 23.1 Å². The van der Waals surface area contributed by atoms with Crippen molar-refractivity contribution in [3.63, 3.8) is 0 Å². The molecule has 0 spiro atoms. The van der Waals surface area contributed by atoms with E-state index in [4.69, 9.17) is 0 Å². The minimum atomic E-state index is -0.403. The SMILES string of the molecule is C=CN1C(=O)C2CCC(C)(C1=O)C2(C)C. The topological polar surface area (TPSA) is 37.4 Å². The first-order valence-corrected chi connectivity index (χ1v) is 5.36. The van der Waals surface area contributed by atoms with Crippen LogP contribution in [0.4, 0.5) is 0 Å². The van der Waals surface area contributed by atoms with E-state index in [2.05, 4.69) is 6.58 Å². The Balaban J connectivity index is 2.55. The molecule has 15 heavy (non-hydrogen) atoms. The quantitative estimate of drug-likeness (QED) is 0.616. The zero-order valence-corrected chi connectivity index (χ0v) is 9.54. The van der Waals surface area contributed by atoms with E-state index in [0.29, 0.717) is 0 Å². The van der Waals surface area contributed by atoms with Crippen LogP contribution in [-0.4, -0.2) is 16.7 Å². The van der Waals surface area contributed by atoms with E-state index in [1.165, 1.54) is 11.1 Å². The molecule has 2 aliphatic rings. The first-order chi connectivity index (χ1) is 6.86. The molecule has 1 heterocycles. The summed E-state index contributed by atoms with van der Waals surface area (Å²) < 4.78 is 0. The van der Waals surface area contributed by atoms with Crippen LogP contribution in [0.5, 0.6) is 0 Å². The van der Waals surface area contributed by atoms with Crippen molar-refractivity contribution in [2.75, 3.05) is 0 Å². The zero-order valence-electron chi connectivity index (χ0n) is 9.54. The van der Waals surface area contributed by atoms with E-state index < -0.39 is 5.41 Å². The van der Waals surface area contributed by atoms with Gasteiger partial charge in [-0.05, 0) is 18.3 Å². The van der Waals surface area contributed by atoms with Gasteiger partial charge >= 0.3 is 0 Å². The number of hydrogen-bond donors (Lipinski definition) is 0. The Morgan fingerprint density at radius 3 is 2.53 bits per heavy atom. The van der Waals surface area contributed by atoms with E-state index in [1.807, 2.05) is 20.8 Å². The molecule has 1 saturated carbocycles. The monoisotopic (exact) mass is 207 g/mol. The smallest absolute Gasteiger partial charge is 0.239 e. The van der Waals surface area contributed by atoms with Gasteiger partial charge in [-0.15, -0.1) is 0 Å². The predicted molar refractivity (Wildman–Crippen MR) is 56.7 cm³/mol. The van der Waals surface area contributed by atoms with Crippen molar-refractivity contribution in [1.82, 2.24) is 4.90 Å². The molecule has 1 aliphatic heterocycles. The molecule has 2 amide bonds. The van der Waals surface area contributed by atoms with E-state index in [1.54, 1.807) is 0 Å². The number of fused-ring (bicyclic) bond motifs is 2. The molecule has 0 aromatic rings. The van der Waals surface area contributed by atoms with E-state index in [0.717, 1.165) is 12.8 Å². The van der Waals surface area contributed by atoms with Gasteiger partial charge in [-0.3, -0.25) is 14.5 Å². The van der Waals surface area contributed by atoms with Crippen LogP contribution in [0.1, 0.15) is 33.6 Å². The van der Waals surface area contributed by atoms with Gasteiger partial charge in [0, 0.05) is 12.1 Å². The molecule has 0 aromatic heterocycles. The summed E-state index contributed by atoms with van der Waals surface area (Å²) in [6, 6.07) is 0. The van der Waals surface area contributed by atoms with Gasteiger partial charge in [0.05, 0.1) is 5.41 Å². The summed E-state index contributed by atoms with van der Waals surface area (Å²) in [5.41, 5.74) is -0.625. The van der Waals surface area contributed by atoms with E-state index >= 15 is 0 Å². The van der Waals surface area contributed by atoms with Crippen molar-refractivity contribution in [2.24, 2.45) is 16.7 Å². The maximum Gasteiger partial charge on any atom is 0.239 e. The average molecular weight is 207 g/mol. The van der Waals surface area contributed by atoms with Gasteiger partial charge in [0.15, 0.2) is 0 Å². The Hall–Kier alpha value is -1.12. The number of carbonyl (C=O) groups excluding carboxylic acids is 2. The Morgan fingerprint density at radius 2 is 2.00 bits per heavy atom. The number of carbonyl (C=O) groups is 2. The summed E-state index contributed by atoms with van der Waals surface area (Å²) in [6.45, 7) is 9.57. The molecule has 0 aromatic carbocycles. The molecule has 2 unspecified atom stereocenters. The van der Waals surface area contributed by atoms with Crippen LogP contribution in [0, 0.1) is 16.7 Å². The number of nitrogens with zero attached hydrogens (tertiary/aromatic N) is 1. The Bertz CT molecular complexity index is 359. The molecule has 2 fully saturated rings. The Morgan fingerprint density at radius 1 is 1.40 bits per heavy atom. The van der Waals surface area contributed by atoms with Gasteiger partial charge in [-0.1, -0.05) is 27.4 Å². The summed E-state index contributed by atoms with van der Waals surface area (Å²) in [5.74, 6) is -0.186. The van der Waals surface area contributed by atoms with Gasteiger partial charge in [0.25, 0.3) is 0 Å². The molecule has 2 rings (SSSR count). The number of piperidine rings is 1. The summed E-state index contributed by atoms with van der Waals surface area (Å²) in [7, 11) is 0. The lowest BCUT2D eigenvalue weighted by molar-refractivity contribution is -0.163. The minimum Gasteiger partial charge on any atom is -0.274 e. The van der Waals surface area contributed by atoms with Crippen LogP contribution in [0.25, 0.3) is 0 Å². The highest BCUT2D eigenvalue weighted by Crippen LogP contribution is 2.59. The Kier molecular flexibility index (Phi) is 1.88. The lowest BCUT2D eigenvalue weighted by atomic mass is 9.62. The zero-order chi connectivity index (χ0) is 11.4. The number of imide groups is 1. The summed E-state index contributed by atoms with van der Waals surface area (Å²) >= 11 is 0. The van der Waals surface area contributed by atoms with Gasteiger partial charge < -0.3 is 0 Å². The van der Waals surface area contributed by atoms with Crippen LogP contribution < -0.4 is 0 Å². The highest BCUT2D eigenvalue weighted by atomic mass is 16.2. The molecule has 1 saturated heterocycles. The lowest BCUT2D eigenvalue weighted by Gasteiger charge is -2.46. The minimum absolute atomic E-state index is 0.0294. The summed E-state index contributed by atoms with van der Waals surface area (Å²) in [4.78, 5) is 25.4. The second-order valence-corrected chi connectivity index (χ2v) is 5.34. The van der Waals surface area contributed by atoms with Crippen molar-refractivity contribution >= 4 is 11.8 Å². The van der Waals surface area contributed by atoms with Crippen LogP contribution in [-0.2, 0) is 9.59 Å². The lowest BCUT2D eigenvalue weighted by Crippen LogP contribution is -2.57. The third-order valence-electron chi connectivity index (χ3n) is 4.64. The molecule has 0 N–H and O–H groups in total. The first kappa shape index (κ1) is 10.4. The van der Waals surface area contributed by atoms with Crippen LogP contribution >= 0.6 is 0 Å². The second kappa shape index (κ2) is 2.71. The molecule has 1 aliphatic carbocycles. The van der Waals surface area contributed by atoms with Crippen molar-refractivity contribution in [1.29, 1.82) is 0 Å². The second-order valence-electron chi connectivity index (χ2n) is 5.34. The molecule has 0 radical (unpaired) electrons. The molecular formula is C12H17NO2. The number of amides is 2. The van der Waals surface area contributed by atoms with Gasteiger partial charge in [-0.2, -0.15) is 0 Å². The first-order valence-electron chi connectivity index (χ1n) is 5.36. The van der Waals surface area contributed by atoms with Crippen molar-refractivity contribution in [2.45, 2.75) is 33.6 Å². The van der Waals surface area contributed by atoms with Crippen molar-refractivity contribution in [3.8, 4) is 0 Å². The van der Waals surface area contributed by atoms with Gasteiger partial charge in [0.2, 0.25) is 11.8 Å². The van der Waals surface area contributed by atoms with Crippen molar-refractivity contribution in [3.05, 3.63) is 12.8 Å². The fourth-order valence-electron chi connectivity index (χ4n) is 3.02. The van der Waals surface area contributed by atoms with Crippen LogP contribution in [0.2, 0.25) is 0 Å². The average Bonchev–Trinajstić information content (AvgIpc) is 2.33. The molecule has 2 atom stereocenters. The highest BCUT2D eigenvalue weighted by molar-refractivity contribution is 6.04. The maximum absolute atomic E-state index is 12.2. The third kappa shape index (κ3) is 0.959. The van der Waals surface area contributed by atoms with E-state index in [9.17, 15) is 9.59 Å².